The van der Waals surface area contributed by atoms with Gasteiger partial charge in [-0.15, -0.1) is 0 Å². The third-order valence-corrected chi connectivity index (χ3v) is 5.64. The number of amides is 1. The van der Waals surface area contributed by atoms with Crippen molar-refractivity contribution in [2.75, 3.05) is 19.7 Å². The zero-order valence-electron chi connectivity index (χ0n) is 15.6. The van der Waals surface area contributed by atoms with Crippen LogP contribution in [0, 0.1) is 0 Å². The van der Waals surface area contributed by atoms with Gasteiger partial charge in [0.15, 0.2) is 0 Å². The molecule has 0 bridgehead atoms. The fraction of sp³-hybridized carbons (Fsp3) is 0.632. The fourth-order valence-electron chi connectivity index (χ4n) is 3.63. The maximum atomic E-state index is 12.1. The molecule has 8 nitrogen and oxygen atoms in total. The molecule has 0 saturated carbocycles. The Hall–Kier alpha value is -1.42. The molecule has 2 aliphatic rings. The van der Waals surface area contributed by atoms with Gasteiger partial charge in [0.05, 0.1) is 18.1 Å². The Labute approximate surface area is 168 Å². The van der Waals surface area contributed by atoms with Gasteiger partial charge < -0.3 is 34.8 Å². The number of aliphatic hydroxyl groups is 4. The highest BCUT2D eigenvalue weighted by molar-refractivity contribution is 6.32. The van der Waals surface area contributed by atoms with E-state index in [1.54, 1.807) is 23.1 Å². The number of hydrogen-bond acceptors (Lipinski definition) is 7. The van der Waals surface area contributed by atoms with Gasteiger partial charge in [0, 0.05) is 19.5 Å². The van der Waals surface area contributed by atoms with Gasteiger partial charge in [0.2, 0.25) is 5.91 Å². The van der Waals surface area contributed by atoms with Crippen LogP contribution in [0.3, 0.4) is 0 Å². The van der Waals surface area contributed by atoms with Gasteiger partial charge in [0.25, 0.3) is 0 Å². The molecule has 1 amide bonds. The molecule has 0 aromatic heterocycles. The highest BCUT2D eigenvalue weighted by Crippen LogP contribution is 2.36. The molecule has 0 spiro atoms. The van der Waals surface area contributed by atoms with Crippen molar-refractivity contribution < 1.29 is 34.7 Å². The van der Waals surface area contributed by atoms with Gasteiger partial charge in [0.1, 0.15) is 42.4 Å². The molecule has 2 saturated heterocycles. The van der Waals surface area contributed by atoms with Crippen LogP contribution in [-0.2, 0) is 9.53 Å². The van der Waals surface area contributed by atoms with Crippen LogP contribution >= 0.6 is 11.6 Å². The second kappa shape index (κ2) is 8.94. The standard InChI is InChI=1S/C19H26ClNO7/c1-2-21-6-5-11(8-15(21)23)27-13-7-10(3-4-12(13)20)19-18(26)17(25)16(24)14(9-22)28-19/h3-4,7,11,14,16-19,22,24-26H,2,5-6,8-9H2,1H3/t11?,14-,16-,17+,18-,19+/m1/s1. The van der Waals surface area contributed by atoms with Gasteiger partial charge in [-0.25, -0.2) is 0 Å². The second-order valence-electron chi connectivity index (χ2n) is 7.15. The predicted octanol–water partition coefficient (Wildman–Crippen LogP) is 0.245. The summed E-state index contributed by atoms with van der Waals surface area (Å²) in [5.41, 5.74) is 0.480. The monoisotopic (exact) mass is 415 g/mol. The van der Waals surface area contributed by atoms with E-state index in [-0.39, 0.29) is 18.4 Å². The van der Waals surface area contributed by atoms with Gasteiger partial charge in [-0.05, 0) is 24.6 Å². The smallest absolute Gasteiger partial charge is 0.226 e. The number of hydrogen-bond donors (Lipinski definition) is 4. The van der Waals surface area contributed by atoms with Crippen LogP contribution in [0.2, 0.25) is 5.02 Å². The molecule has 4 N–H and O–H groups in total. The quantitative estimate of drug-likeness (QED) is 0.544. The van der Waals surface area contributed by atoms with E-state index in [9.17, 15) is 25.2 Å². The SMILES string of the molecule is CCN1CCC(Oc2cc([C@@H]3O[C@H](CO)[C@@H](O)[C@H](O)[C@H]3O)ccc2Cl)CC1=O. The highest BCUT2D eigenvalue weighted by atomic mass is 35.5. The summed E-state index contributed by atoms with van der Waals surface area (Å²) in [6.07, 6.45) is -5.62. The van der Waals surface area contributed by atoms with Crippen molar-refractivity contribution >= 4 is 17.5 Å². The topological polar surface area (TPSA) is 120 Å². The van der Waals surface area contributed by atoms with Gasteiger partial charge in [-0.2, -0.15) is 0 Å². The number of halogens is 1. The summed E-state index contributed by atoms with van der Waals surface area (Å²) >= 11 is 6.24. The van der Waals surface area contributed by atoms with Crippen molar-refractivity contribution in [1.82, 2.24) is 4.90 Å². The first kappa shape index (κ1) is 21.3. The van der Waals surface area contributed by atoms with E-state index in [4.69, 9.17) is 21.1 Å². The minimum absolute atomic E-state index is 0.0277. The first-order chi connectivity index (χ1) is 13.3. The third kappa shape index (κ3) is 4.27. The lowest BCUT2D eigenvalue weighted by molar-refractivity contribution is -0.231. The Morgan fingerprint density at radius 3 is 2.64 bits per heavy atom. The maximum absolute atomic E-state index is 12.1. The van der Waals surface area contributed by atoms with Crippen molar-refractivity contribution in [2.24, 2.45) is 0 Å². The fourth-order valence-corrected chi connectivity index (χ4v) is 3.79. The summed E-state index contributed by atoms with van der Waals surface area (Å²) in [6, 6.07) is 4.79. The number of carbonyl (C=O) groups excluding carboxylic acids is 1. The molecular formula is C19H26ClNO7. The Balaban J connectivity index is 1.77. The molecule has 2 heterocycles. The lowest BCUT2D eigenvalue weighted by Crippen LogP contribution is -2.55. The van der Waals surface area contributed by atoms with Crippen LogP contribution in [0.1, 0.15) is 31.4 Å². The Morgan fingerprint density at radius 2 is 2.00 bits per heavy atom. The summed E-state index contributed by atoms with van der Waals surface area (Å²) in [5.74, 6) is 0.374. The molecule has 2 aliphatic heterocycles. The molecule has 1 aromatic rings. The van der Waals surface area contributed by atoms with E-state index in [0.29, 0.717) is 35.8 Å². The lowest BCUT2D eigenvalue weighted by Gasteiger charge is -2.40. The van der Waals surface area contributed by atoms with Crippen LogP contribution in [0.15, 0.2) is 18.2 Å². The molecule has 6 atom stereocenters. The largest absolute Gasteiger partial charge is 0.488 e. The average Bonchev–Trinajstić information content (AvgIpc) is 2.68. The molecule has 1 unspecified atom stereocenters. The van der Waals surface area contributed by atoms with Gasteiger partial charge in [-0.3, -0.25) is 4.79 Å². The summed E-state index contributed by atoms with van der Waals surface area (Å²) in [6.45, 7) is 2.71. The van der Waals surface area contributed by atoms with Crippen LogP contribution < -0.4 is 4.74 Å². The summed E-state index contributed by atoms with van der Waals surface area (Å²) in [5, 5.41) is 39.9. The average molecular weight is 416 g/mol. The summed E-state index contributed by atoms with van der Waals surface area (Å²) in [7, 11) is 0. The van der Waals surface area contributed by atoms with E-state index in [1.165, 1.54) is 0 Å². The zero-order chi connectivity index (χ0) is 20.4. The zero-order valence-corrected chi connectivity index (χ0v) is 16.3. The van der Waals surface area contributed by atoms with Crippen LogP contribution in [0.25, 0.3) is 0 Å². The van der Waals surface area contributed by atoms with E-state index < -0.39 is 37.1 Å². The predicted molar refractivity (Wildman–Crippen MR) is 100 cm³/mol. The number of carbonyl (C=O) groups is 1. The lowest BCUT2D eigenvalue weighted by atomic mass is 9.91. The number of rotatable bonds is 5. The van der Waals surface area contributed by atoms with Crippen molar-refractivity contribution in [3.63, 3.8) is 0 Å². The third-order valence-electron chi connectivity index (χ3n) is 5.33. The summed E-state index contributed by atoms with van der Waals surface area (Å²) < 4.78 is 11.5. The minimum atomic E-state index is -1.47. The Bertz CT molecular complexity index is 701. The molecule has 0 radical (unpaired) electrons. The van der Waals surface area contributed by atoms with Gasteiger partial charge >= 0.3 is 0 Å². The number of nitrogens with zero attached hydrogens (tertiary/aromatic N) is 1. The number of aliphatic hydroxyl groups excluding tert-OH is 4. The summed E-state index contributed by atoms with van der Waals surface area (Å²) in [4.78, 5) is 13.9. The molecule has 2 fully saturated rings. The van der Waals surface area contributed by atoms with E-state index in [2.05, 4.69) is 0 Å². The van der Waals surface area contributed by atoms with Gasteiger partial charge in [-0.1, -0.05) is 17.7 Å². The second-order valence-corrected chi connectivity index (χ2v) is 7.55. The molecule has 0 aliphatic carbocycles. The Kier molecular flexibility index (Phi) is 6.80. The first-order valence-corrected chi connectivity index (χ1v) is 9.77. The number of piperidine rings is 1. The van der Waals surface area contributed by atoms with E-state index >= 15 is 0 Å². The number of ether oxygens (including phenoxy) is 2. The van der Waals surface area contributed by atoms with Crippen molar-refractivity contribution in [3.05, 3.63) is 28.8 Å². The van der Waals surface area contributed by atoms with E-state index in [1.807, 2.05) is 6.92 Å². The number of benzene rings is 1. The highest BCUT2D eigenvalue weighted by Gasteiger charge is 2.44. The molecule has 28 heavy (non-hydrogen) atoms. The van der Waals surface area contributed by atoms with Crippen molar-refractivity contribution in [1.29, 1.82) is 0 Å². The van der Waals surface area contributed by atoms with Crippen LogP contribution in [-0.4, -0.2) is 81.4 Å². The minimum Gasteiger partial charge on any atom is -0.488 e. The first-order valence-electron chi connectivity index (χ1n) is 9.40. The van der Waals surface area contributed by atoms with Crippen LogP contribution in [0.5, 0.6) is 5.75 Å². The molecule has 9 heteroatoms. The Morgan fingerprint density at radius 1 is 1.25 bits per heavy atom. The molecule has 1 aromatic carbocycles. The molecule has 3 rings (SSSR count). The van der Waals surface area contributed by atoms with Crippen LogP contribution in [0.4, 0.5) is 0 Å². The maximum Gasteiger partial charge on any atom is 0.226 e. The molecule has 156 valence electrons. The van der Waals surface area contributed by atoms with E-state index in [0.717, 1.165) is 0 Å². The normalized spacial score (nSPS) is 33.8. The number of likely N-dealkylation sites (tertiary alicyclic amines) is 1. The van der Waals surface area contributed by atoms with Crippen molar-refractivity contribution in [2.45, 2.75) is 56.4 Å². The molecular weight excluding hydrogens is 390 g/mol. The van der Waals surface area contributed by atoms with Crippen molar-refractivity contribution in [3.8, 4) is 5.75 Å².